The predicted molar refractivity (Wildman–Crippen MR) is 70.8 cm³/mol. The first-order valence-corrected chi connectivity index (χ1v) is 5.81. The van der Waals surface area contributed by atoms with Gasteiger partial charge in [-0.25, -0.2) is 4.39 Å². The Hall–Kier alpha value is -1.86. The number of hydrogen-bond donors (Lipinski definition) is 0. The van der Waals surface area contributed by atoms with Crippen LogP contribution < -0.4 is 0 Å². The van der Waals surface area contributed by atoms with Crippen LogP contribution in [0.25, 0.3) is 10.9 Å². The smallest absolute Gasteiger partial charge is 0.124 e. The average Bonchev–Trinajstić information content (AvgIpc) is 2.61. The van der Waals surface area contributed by atoms with Crippen molar-refractivity contribution < 1.29 is 4.39 Å². The molecule has 0 saturated carbocycles. The highest BCUT2D eigenvalue weighted by atomic mass is 19.1. The molecule has 0 aliphatic heterocycles. The SMILES string of the molecule is Cc1nn(CC#CCN(C)C)c2ccc(F)cc12. The highest BCUT2D eigenvalue weighted by Crippen LogP contribution is 2.18. The molecular formula is C14H16FN3. The van der Waals surface area contributed by atoms with E-state index in [0.29, 0.717) is 6.54 Å². The van der Waals surface area contributed by atoms with Gasteiger partial charge in [0.05, 0.1) is 17.8 Å². The van der Waals surface area contributed by atoms with Gasteiger partial charge < -0.3 is 0 Å². The van der Waals surface area contributed by atoms with Gasteiger partial charge >= 0.3 is 0 Å². The molecule has 0 saturated heterocycles. The van der Waals surface area contributed by atoms with E-state index in [1.54, 1.807) is 6.07 Å². The third kappa shape index (κ3) is 2.69. The number of aromatic nitrogens is 2. The van der Waals surface area contributed by atoms with Gasteiger partial charge in [0.25, 0.3) is 0 Å². The van der Waals surface area contributed by atoms with E-state index in [2.05, 4.69) is 16.9 Å². The van der Waals surface area contributed by atoms with Crippen LogP contribution in [-0.2, 0) is 6.54 Å². The fraction of sp³-hybridized carbons (Fsp3) is 0.357. The predicted octanol–water partition coefficient (Wildman–Crippen LogP) is 2.05. The van der Waals surface area contributed by atoms with Crippen LogP contribution in [-0.4, -0.2) is 35.3 Å². The van der Waals surface area contributed by atoms with Crippen molar-refractivity contribution in [1.82, 2.24) is 14.7 Å². The summed E-state index contributed by atoms with van der Waals surface area (Å²) in [6.07, 6.45) is 0. The summed E-state index contributed by atoms with van der Waals surface area (Å²) in [5.74, 6) is 5.90. The summed E-state index contributed by atoms with van der Waals surface area (Å²) in [5.41, 5.74) is 1.76. The fourth-order valence-corrected chi connectivity index (χ4v) is 1.78. The number of benzene rings is 1. The molecule has 1 heterocycles. The van der Waals surface area contributed by atoms with Gasteiger partial charge in [0.2, 0.25) is 0 Å². The van der Waals surface area contributed by atoms with Crippen LogP contribution in [0.2, 0.25) is 0 Å². The van der Waals surface area contributed by atoms with Crippen molar-refractivity contribution in [1.29, 1.82) is 0 Å². The molecule has 94 valence electrons. The van der Waals surface area contributed by atoms with Gasteiger partial charge in [-0.3, -0.25) is 9.58 Å². The van der Waals surface area contributed by atoms with Gasteiger partial charge in [-0.05, 0) is 39.2 Å². The summed E-state index contributed by atoms with van der Waals surface area (Å²) in [4.78, 5) is 2.01. The molecule has 0 amide bonds. The molecule has 18 heavy (non-hydrogen) atoms. The summed E-state index contributed by atoms with van der Waals surface area (Å²) < 4.78 is 15.0. The van der Waals surface area contributed by atoms with Crippen molar-refractivity contribution in [3.05, 3.63) is 29.7 Å². The molecule has 0 fully saturated rings. The normalized spacial score (nSPS) is 10.7. The van der Waals surface area contributed by atoms with Gasteiger partial charge in [0, 0.05) is 5.39 Å². The summed E-state index contributed by atoms with van der Waals surface area (Å²) in [6, 6.07) is 4.72. The lowest BCUT2D eigenvalue weighted by Crippen LogP contribution is -2.11. The van der Waals surface area contributed by atoms with Crippen LogP contribution in [0, 0.1) is 24.6 Å². The Balaban J connectivity index is 2.26. The molecule has 0 bridgehead atoms. The topological polar surface area (TPSA) is 21.1 Å². The van der Waals surface area contributed by atoms with Gasteiger partial charge in [-0.2, -0.15) is 5.10 Å². The van der Waals surface area contributed by atoms with Crippen molar-refractivity contribution in [3.63, 3.8) is 0 Å². The number of hydrogen-bond acceptors (Lipinski definition) is 2. The molecule has 0 aliphatic rings. The third-order valence-electron chi connectivity index (χ3n) is 2.65. The summed E-state index contributed by atoms with van der Waals surface area (Å²) in [7, 11) is 3.95. The molecule has 0 N–H and O–H groups in total. The zero-order valence-electron chi connectivity index (χ0n) is 10.9. The van der Waals surface area contributed by atoms with Crippen LogP contribution in [0.5, 0.6) is 0 Å². The van der Waals surface area contributed by atoms with Crippen LogP contribution in [0.1, 0.15) is 5.69 Å². The zero-order chi connectivity index (χ0) is 13.1. The van der Waals surface area contributed by atoms with E-state index in [4.69, 9.17) is 0 Å². The Morgan fingerprint density at radius 2 is 2.11 bits per heavy atom. The second-order valence-corrected chi connectivity index (χ2v) is 4.50. The minimum Gasteiger partial charge on any atom is -0.299 e. The number of aryl methyl sites for hydroxylation is 1. The van der Waals surface area contributed by atoms with E-state index in [1.165, 1.54) is 12.1 Å². The maximum atomic E-state index is 13.2. The first-order valence-electron chi connectivity index (χ1n) is 5.81. The van der Waals surface area contributed by atoms with Gasteiger partial charge in [0.1, 0.15) is 12.4 Å². The molecule has 1 aromatic carbocycles. The summed E-state index contributed by atoms with van der Waals surface area (Å²) >= 11 is 0. The van der Waals surface area contributed by atoms with Gasteiger partial charge in [-0.1, -0.05) is 11.8 Å². The number of fused-ring (bicyclic) bond motifs is 1. The number of rotatable bonds is 2. The highest BCUT2D eigenvalue weighted by molar-refractivity contribution is 5.81. The van der Waals surface area contributed by atoms with Crippen molar-refractivity contribution in [2.75, 3.05) is 20.6 Å². The van der Waals surface area contributed by atoms with E-state index < -0.39 is 0 Å². The van der Waals surface area contributed by atoms with Crippen LogP contribution in [0.3, 0.4) is 0 Å². The Morgan fingerprint density at radius 1 is 1.33 bits per heavy atom. The Bertz CT molecular complexity index is 617. The average molecular weight is 245 g/mol. The van der Waals surface area contributed by atoms with Gasteiger partial charge in [-0.15, -0.1) is 0 Å². The third-order valence-corrected chi connectivity index (χ3v) is 2.65. The van der Waals surface area contributed by atoms with Crippen molar-refractivity contribution >= 4 is 10.9 Å². The maximum absolute atomic E-state index is 13.2. The monoisotopic (exact) mass is 245 g/mol. The molecule has 4 heteroatoms. The maximum Gasteiger partial charge on any atom is 0.124 e. The molecule has 0 radical (unpaired) electrons. The zero-order valence-corrected chi connectivity index (χ0v) is 10.9. The molecule has 1 aromatic heterocycles. The number of nitrogens with zero attached hydrogens (tertiary/aromatic N) is 3. The molecule has 0 aliphatic carbocycles. The summed E-state index contributed by atoms with van der Waals surface area (Å²) in [5, 5.41) is 5.23. The van der Waals surface area contributed by atoms with Crippen molar-refractivity contribution in [3.8, 4) is 11.8 Å². The molecule has 0 atom stereocenters. The molecule has 0 unspecified atom stereocenters. The molecule has 2 rings (SSSR count). The Kier molecular flexibility index (Phi) is 3.63. The highest BCUT2D eigenvalue weighted by Gasteiger charge is 2.06. The van der Waals surface area contributed by atoms with Crippen molar-refractivity contribution in [2.45, 2.75) is 13.5 Å². The quantitative estimate of drug-likeness (QED) is 0.755. The van der Waals surface area contributed by atoms with E-state index in [9.17, 15) is 4.39 Å². The lowest BCUT2D eigenvalue weighted by molar-refractivity contribution is 0.463. The lowest BCUT2D eigenvalue weighted by atomic mass is 10.2. The second kappa shape index (κ2) is 5.19. The minimum absolute atomic E-state index is 0.233. The first kappa shape index (κ1) is 12.6. The van der Waals surface area contributed by atoms with Gasteiger partial charge in [0.15, 0.2) is 0 Å². The van der Waals surface area contributed by atoms with E-state index in [0.717, 1.165) is 23.1 Å². The molecule has 3 nitrogen and oxygen atoms in total. The number of halogens is 1. The Labute approximate surface area is 106 Å². The minimum atomic E-state index is -0.233. The summed E-state index contributed by atoms with van der Waals surface area (Å²) in [6.45, 7) is 3.14. The second-order valence-electron chi connectivity index (χ2n) is 4.50. The van der Waals surface area contributed by atoms with Crippen LogP contribution in [0.4, 0.5) is 4.39 Å². The lowest BCUT2D eigenvalue weighted by Gasteiger charge is -2.01. The van der Waals surface area contributed by atoms with Crippen LogP contribution in [0.15, 0.2) is 18.2 Å². The standard InChI is InChI=1S/C14H16FN3/c1-11-13-10-12(15)6-7-14(13)18(16-11)9-5-4-8-17(2)3/h6-7,10H,8-9H2,1-3H3. The molecular weight excluding hydrogens is 229 g/mol. The first-order chi connectivity index (χ1) is 8.58. The van der Waals surface area contributed by atoms with E-state index in [1.807, 2.05) is 30.6 Å². The molecule has 2 aromatic rings. The van der Waals surface area contributed by atoms with Crippen molar-refractivity contribution in [2.24, 2.45) is 0 Å². The van der Waals surface area contributed by atoms with E-state index >= 15 is 0 Å². The van der Waals surface area contributed by atoms with E-state index in [-0.39, 0.29) is 5.82 Å². The molecule has 0 spiro atoms. The fourth-order valence-electron chi connectivity index (χ4n) is 1.78. The largest absolute Gasteiger partial charge is 0.299 e. The Morgan fingerprint density at radius 3 is 2.83 bits per heavy atom. The van der Waals surface area contributed by atoms with Crippen LogP contribution >= 0.6 is 0 Å².